The van der Waals surface area contributed by atoms with Crippen molar-refractivity contribution in [1.82, 2.24) is 19.6 Å². The van der Waals surface area contributed by atoms with E-state index in [0.29, 0.717) is 6.54 Å². The maximum Gasteiger partial charge on any atom is 0.319 e. The van der Waals surface area contributed by atoms with E-state index in [9.17, 15) is 9.90 Å². The van der Waals surface area contributed by atoms with E-state index in [2.05, 4.69) is 20.5 Å². The third kappa shape index (κ3) is 3.75. The highest BCUT2D eigenvalue weighted by Gasteiger charge is 2.16. The zero-order chi connectivity index (χ0) is 15.4. The van der Waals surface area contributed by atoms with Crippen molar-refractivity contribution in [3.8, 4) is 0 Å². The van der Waals surface area contributed by atoms with Gasteiger partial charge >= 0.3 is 6.03 Å². The van der Waals surface area contributed by atoms with E-state index in [1.165, 1.54) is 0 Å². The number of amides is 2. The Morgan fingerprint density at radius 1 is 1.36 bits per heavy atom. The van der Waals surface area contributed by atoms with Gasteiger partial charge in [0.1, 0.15) is 5.65 Å². The van der Waals surface area contributed by atoms with Crippen molar-refractivity contribution in [3.63, 3.8) is 0 Å². The van der Waals surface area contributed by atoms with Crippen molar-refractivity contribution < 1.29 is 9.90 Å². The van der Waals surface area contributed by atoms with Crippen molar-refractivity contribution in [2.24, 2.45) is 0 Å². The molecule has 1 saturated heterocycles. The van der Waals surface area contributed by atoms with Gasteiger partial charge in [0, 0.05) is 56.5 Å². The number of nitrogens with zero attached hydrogens (tertiary/aromatic N) is 3. The Hall–Kier alpha value is -2.12. The van der Waals surface area contributed by atoms with E-state index < -0.39 is 0 Å². The predicted molar refractivity (Wildman–Crippen MR) is 83.9 cm³/mol. The number of urea groups is 1. The number of piperidine rings is 1. The van der Waals surface area contributed by atoms with Crippen molar-refractivity contribution in [1.29, 1.82) is 0 Å². The van der Waals surface area contributed by atoms with Crippen molar-refractivity contribution >= 4 is 17.4 Å². The summed E-state index contributed by atoms with van der Waals surface area (Å²) in [7, 11) is 0. The lowest BCUT2D eigenvalue weighted by Gasteiger charge is -2.29. The quantitative estimate of drug-likeness (QED) is 0.784. The summed E-state index contributed by atoms with van der Waals surface area (Å²) in [6, 6.07) is 3.44. The largest absolute Gasteiger partial charge is 0.393 e. The van der Waals surface area contributed by atoms with Gasteiger partial charge in [0.25, 0.3) is 0 Å². The van der Waals surface area contributed by atoms with E-state index >= 15 is 0 Å². The number of pyridine rings is 1. The zero-order valence-corrected chi connectivity index (χ0v) is 12.4. The molecule has 0 unspecified atom stereocenters. The number of nitrogens with one attached hydrogen (secondary N) is 2. The number of aromatic nitrogens is 2. The van der Waals surface area contributed by atoms with Crippen LogP contribution >= 0.6 is 0 Å². The second kappa shape index (κ2) is 6.76. The molecule has 0 aromatic carbocycles. The average Bonchev–Trinajstić information content (AvgIpc) is 2.97. The van der Waals surface area contributed by atoms with Crippen LogP contribution in [0.4, 0.5) is 10.5 Å². The molecular formula is C15H21N5O2. The highest BCUT2D eigenvalue weighted by atomic mass is 16.3. The molecule has 3 N–H and O–H groups in total. The van der Waals surface area contributed by atoms with Crippen LogP contribution in [0.2, 0.25) is 0 Å². The third-order valence-corrected chi connectivity index (χ3v) is 3.93. The molecule has 3 rings (SSSR count). The second-order valence-electron chi connectivity index (χ2n) is 5.56. The van der Waals surface area contributed by atoms with Crippen molar-refractivity contribution in [2.75, 3.05) is 31.5 Å². The second-order valence-corrected chi connectivity index (χ2v) is 5.56. The SMILES string of the molecule is O=C(NCCN1CCC(O)CC1)Nc1ccn2ccnc2c1. The number of aliphatic hydroxyl groups excluding tert-OH is 1. The monoisotopic (exact) mass is 303 g/mol. The highest BCUT2D eigenvalue weighted by Crippen LogP contribution is 2.10. The van der Waals surface area contributed by atoms with Crippen molar-refractivity contribution in [3.05, 3.63) is 30.7 Å². The van der Waals surface area contributed by atoms with Crippen LogP contribution in [0, 0.1) is 0 Å². The summed E-state index contributed by atoms with van der Waals surface area (Å²) < 4.78 is 1.88. The molecule has 0 saturated carbocycles. The molecule has 22 heavy (non-hydrogen) atoms. The Balaban J connectivity index is 1.42. The van der Waals surface area contributed by atoms with Gasteiger partial charge in [-0.15, -0.1) is 0 Å². The number of aliphatic hydroxyl groups is 1. The summed E-state index contributed by atoms with van der Waals surface area (Å²) in [5.74, 6) is 0. The number of imidazole rings is 1. The van der Waals surface area contributed by atoms with Gasteiger partial charge < -0.3 is 25.0 Å². The number of carbonyl (C=O) groups excluding carboxylic acids is 1. The van der Waals surface area contributed by atoms with Gasteiger partial charge in [0.2, 0.25) is 0 Å². The molecule has 118 valence electrons. The van der Waals surface area contributed by atoms with E-state index in [1.54, 1.807) is 6.20 Å². The fraction of sp³-hybridized carbons (Fsp3) is 0.467. The summed E-state index contributed by atoms with van der Waals surface area (Å²) in [6.07, 6.45) is 6.90. The maximum atomic E-state index is 11.9. The number of hydrogen-bond donors (Lipinski definition) is 3. The summed E-state index contributed by atoms with van der Waals surface area (Å²) in [6.45, 7) is 3.18. The van der Waals surface area contributed by atoms with E-state index in [0.717, 1.165) is 43.8 Å². The normalized spacial score (nSPS) is 16.8. The first kappa shape index (κ1) is 14.8. The fourth-order valence-corrected chi connectivity index (χ4v) is 2.63. The van der Waals surface area contributed by atoms with Crippen LogP contribution in [0.25, 0.3) is 5.65 Å². The molecule has 0 atom stereocenters. The maximum absolute atomic E-state index is 11.9. The molecule has 0 spiro atoms. The molecular weight excluding hydrogens is 282 g/mol. The lowest BCUT2D eigenvalue weighted by Crippen LogP contribution is -2.41. The van der Waals surface area contributed by atoms with Crippen LogP contribution in [0.1, 0.15) is 12.8 Å². The molecule has 0 bridgehead atoms. The number of likely N-dealkylation sites (tertiary alicyclic amines) is 1. The van der Waals surface area contributed by atoms with Crippen LogP contribution in [0.15, 0.2) is 30.7 Å². The summed E-state index contributed by atoms with van der Waals surface area (Å²) in [5, 5.41) is 15.1. The summed E-state index contributed by atoms with van der Waals surface area (Å²) >= 11 is 0. The van der Waals surface area contributed by atoms with Gasteiger partial charge in [0.15, 0.2) is 0 Å². The number of fused-ring (bicyclic) bond motifs is 1. The van der Waals surface area contributed by atoms with Crippen LogP contribution in [-0.2, 0) is 0 Å². The first-order chi connectivity index (χ1) is 10.7. The minimum Gasteiger partial charge on any atom is -0.393 e. The minimum absolute atomic E-state index is 0.162. The standard InChI is InChI=1S/C15H21N5O2/c21-13-2-6-19(7-3-13)9-4-17-15(22)18-12-1-8-20-10-5-16-14(20)11-12/h1,5,8,10-11,13,21H,2-4,6-7,9H2,(H2,17,18,22). The van der Waals surface area contributed by atoms with Crippen LogP contribution in [0.5, 0.6) is 0 Å². The average molecular weight is 303 g/mol. The van der Waals surface area contributed by atoms with Crippen molar-refractivity contribution in [2.45, 2.75) is 18.9 Å². The molecule has 3 heterocycles. The van der Waals surface area contributed by atoms with Gasteiger partial charge in [-0.1, -0.05) is 0 Å². The number of anilines is 1. The molecule has 7 nitrogen and oxygen atoms in total. The molecule has 1 aliphatic heterocycles. The first-order valence-corrected chi connectivity index (χ1v) is 7.59. The number of rotatable bonds is 4. The molecule has 1 aliphatic rings. The van der Waals surface area contributed by atoms with Crippen LogP contribution in [-0.4, -0.2) is 57.7 Å². The summed E-state index contributed by atoms with van der Waals surface area (Å²) in [5.41, 5.74) is 1.52. The smallest absolute Gasteiger partial charge is 0.319 e. The minimum atomic E-state index is -0.215. The summed E-state index contributed by atoms with van der Waals surface area (Å²) in [4.78, 5) is 18.3. The van der Waals surface area contributed by atoms with E-state index in [1.807, 2.05) is 28.9 Å². The number of hydrogen-bond acceptors (Lipinski definition) is 4. The van der Waals surface area contributed by atoms with E-state index in [4.69, 9.17) is 0 Å². The lowest BCUT2D eigenvalue weighted by atomic mass is 10.1. The van der Waals surface area contributed by atoms with E-state index in [-0.39, 0.29) is 12.1 Å². The molecule has 1 fully saturated rings. The van der Waals surface area contributed by atoms with Gasteiger partial charge in [-0.25, -0.2) is 9.78 Å². The topological polar surface area (TPSA) is 81.9 Å². The lowest BCUT2D eigenvalue weighted by molar-refractivity contribution is 0.0833. The molecule has 0 aliphatic carbocycles. The van der Waals surface area contributed by atoms with Crippen LogP contribution in [0.3, 0.4) is 0 Å². The Morgan fingerprint density at radius 3 is 3.00 bits per heavy atom. The predicted octanol–water partition coefficient (Wildman–Crippen LogP) is 0.912. The molecule has 2 aromatic rings. The first-order valence-electron chi connectivity index (χ1n) is 7.59. The van der Waals surface area contributed by atoms with Gasteiger partial charge in [-0.2, -0.15) is 0 Å². The zero-order valence-electron chi connectivity index (χ0n) is 12.4. The Labute approximate surface area is 128 Å². The fourth-order valence-electron chi connectivity index (χ4n) is 2.63. The Bertz CT molecular complexity index is 634. The molecule has 7 heteroatoms. The Morgan fingerprint density at radius 2 is 2.18 bits per heavy atom. The molecule has 0 radical (unpaired) electrons. The highest BCUT2D eigenvalue weighted by molar-refractivity contribution is 5.89. The van der Waals surface area contributed by atoms with Crippen LogP contribution < -0.4 is 10.6 Å². The van der Waals surface area contributed by atoms with Gasteiger partial charge in [0.05, 0.1) is 6.10 Å². The van der Waals surface area contributed by atoms with Gasteiger partial charge in [-0.3, -0.25) is 0 Å². The van der Waals surface area contributed by atoms with Gasteiger partial charge in [-0.05, 0) is 18.9 Å². The third-order valence-electron chi connectivity index (χ3n) is 3.93. The molecule has 2 aromatic heterocycles. The Kier molecular flexibility index (Phi) is 4.55. The molecule has 2 amide bonds. The number of carbonyl (C=O) groups is 1.